The van der Waals surface area contributed by atoms with Crippen LogP contribution in [0.1, 0.15) is 5.69 Å². The van der Waals surface area contributed by atoms with Gasteiger partial charge in [0.15, 0.2) is 0 Å². The van der Waals surface area contributed by atoms with Crippen LogP contribution >= 0.6 is 0 Å². The Bertz CT molecular complexity index is 280. The molecule has 1 heterocycles. The molecule has 0 saturated heterocycles. The predicted octanol–water partition coefficient (Wildman–Crippen LogP) is -0.121. The van der Waals surface area contributed by atoms with E-state index < -0.39 is 0 Å². The standard InChI is InChI=1S/C5H7N3O2/c1-3-2-4(9)7-5(6-3)8-10/h2,10H,1H3,(H2,6,7,8,9). The summed E-state index contributed by atoms with van der Waals surface area (Å²) < 4.78 is 0. The number of anilines is 1. The van der Waals surface area contributed by atoms with Gasteiger partial charge in [-0.2, -0.15) is 0 Å². The first-order chi connectivity index (χ1) is 4.72. The van der Waals surface area contributed by atoms with E-state index >= 15 is 0 Å². The number of aromatic nitrogens is 2. The molecule has 1 aromatic rings. The summed E-state index contributed by atoms with van der Waals surface area (Å²) in [6, 6.07) is 1.33. The third kappa shape index (κ3) is 1.32. The Morgan fingerprint density at radius 3 is 3.00 bits per heavy atom. The number of H-pyrrole nitrogens is 1. The number of rotatable bonds is 1. The number of nitrogens with zero attached hydrogens (tertiary/aromatic N) is 1. The van der Waals surface area contributed by atoms with Crippen molar-refractivity contribution in [3.63, 3.8) is 0 Å². The molecule has 1 rings (SSSR count). The zero-order valence-electron chi connectivity index (χ0n) is 5.38. The molecule has 0 fully saturated rings. The second kappa shape index (κ2) is 2.49. The summed E-state index contributed by atoms with van der Waals surface area (Å²) in [5.41, 5.74) is 2.01. The first kappa shape index (κ1) is 6.76. The van der Waals surface area contributed by atoms with Crippen molar-refractivity contribution in [3.05, 3.63) is 22.1 Å². The molecule has 5 nitrogen and oxygen atoms in total. The normalized spacial score (nSPS) is 9.40. The Labute approximate surface area is 56.7 Å². The van der Waals surface area contributed by atoms with Gasteiger partial charge in [0.2, 0.25) is 5.95 Å². The second-order valence-electron chi connectivity index (χ2n) is 1.85. The molecule has 0 spiro atoms. The van der Waals surface area contributed by atoms with Crippen molar-refractivity contribution in [1.82, 2.24) is 9.97 Å². The average molecular weight is 141 g/mol. The highest BCUT2D eigenvalue weighted by atomic mass is 16.5. The smallest absolute Gasteiger partial charge is 0.252 e. The van der Waals surface area contributed by atoms with Crippen molar-refractivity contribution in [2.45, 2.75) is 6.92 Å². The lowest BCUT2D eigenvalue weighted by Crippen LogP contribution is -2.10. The molecule has 0 unspecified atom stereocenters. The summed E-state index contributed by atoms with van der Waals surface area (Å²) >= 11 is 0. The van der Waals surface area contributed by atoms with Crippen molar-refractivity contribution in [2.75, 3.05) is 5.48 Å². The van der Waals surface area contributed by atoms with Crippen molar-refractivity contribution < 1.29 is 5.21 Å². The van der Waals surface area contributed by atoms with Gasteiger partial charge in [0.25, 0.3) is 5.56 Å². The molecule has 0 aliphatic rings. The Kier molecular flexibility index (Phi) is 1.68. The molecular formula is C5H7N3O2. The Morgan fingerprint density at radius 1 is 1.80 bits per heavy atom. The van der Waals surface area contributed by atoms with Crippen LogP contribution in [0.3, 0.4) is 0 Å². The number of aromatic amines is 1. The monoisotopic (exact) mass is 141 g/mol. The molecule has 10 heavy (non-hydrogen) atoms. The Morgan fingerprint density at radius 2 is 2.50 bits per heavy atom. The molecule has 0 saturated carbocycles. The third-order valence-electron chi connectivity index (χ3n) is 0.976. The van der Waals surface area contributed by atoms with E-state index in [1.54, 1.807) is 12.4 Å². The zero-order valence-corrected chi connectivity index (χ0v) is 5.38. The van der Waals surface area contributed by atoms with Gasteiger partial charge in [0, 0.05) is 11.8 Å². The molecule has 3 N–H and O–H groups in total. The summed E-state index contributed by atoms with van der Waals surface area (Å²) in [6.07, 6.45) is 0. The highest BCUT2D eigenvalue weighted by molar-refractivity contribution is 5.20. The molecule has 0 atom stereocenters. The quantitative estimate of drug-likeness (QED) is 0.476. The minimum absolute atomic E-state index is 0.0602. The maximum absolute atomic E-state index is 10.6. The molecule has 0 radical (unpaired) electrons. The minimum Gasteiger partial charge on any atom is -0.291 e. The largest absolute Gasteiger partial charge is 0.291 e. The van der Waals surface area contributed by atoms with E-state index in [4.69, 9.17) is 5.21 Å². The molecule has 5 heteroatoms. The van der Waals surface area contributed by atoms with Gasteiger partial charge in [-0.3, -0.25) is 15.0 Å². The number of hydrogen-bond donors (Lipinski definition) is 3. The molecule has 0 amide bonds. The fraction of sp³-hybridized carbons (Fsp3) is 0.200. The van der Waals surface area contributed by atoms with E-state index in [1.807, 2.05) is 0 Å². The van der Waals surface area contributed by atoms with E-state index in [1.165, 1.54) is 6.07 Å². The van der Waals surface area contributed by atoms with Crippen molar-refractivity contribution in [3.8, 4) is 0 Å². The van der Waals surface area contributed by atoms with Gasteiger partial charge in [0.05, 0.1) is 0 Å². The summed E-state index contributed by atoms with van der Waals surface area (Å²) in [7, 11) is 0. The molecule has 1 aromatic heterocycles. The Hall–Kier alpha value is -1.36. The van der Waals surface area contributed by atoms with Crippen LogP contribution in [-0.4, -0.2) is 15.2 Å². The molecule has 54 valence electrons. The highest BCUT2D eigenvalue weighted by Gasteiger charge is 1.92. The molecular weight excluding hydrogens is 134 g/mol. The van der Waals surface area contributed by atoms with Gasteiger partial charge in [0.1, 0.15) is 0 Å². The molecule has 0 aliphatic carbocycles. The van der Waals surface area contributed by atoms with Gasteiger partial charge < -0.3 is 0 Å². The van der Waals surface area contributed by atoms with Crippen LogP contribution in [0.25, 0.3) is 0 Å². The Balaban J connectivity index is 3.19. The SMILES string of the molecule is Cc1cc(=O)[nH]c(NO)n1. The lowest BCUT2D eigenvalue weighted by Gasteiger charge is -1.96. The van der Waals surface area contributed by atoms with Crippen LogP contribution in [0.2, 0.25) is 0 Å². The maximum atomic E-state index is 10.6. The van der Waals surface area contributed by atoms with E-state index in [0.29, 0.717) is 5.69 Å². The minimum atomic E-state index is -0.288. The summed E-state index contributed by atoms with van der Waals surface area (Å²) in [5, 5.41) is 8.30. The summed E-state index contributed by atoms with van der Waals surface area (Å²) in [4.78, 5) is 16.6. The van der Waals surface area contributed by atoms with Crippen molar-refractivity contribution >= 4 is 5.95 Å². The summed E-state index contributed by atoms with van der Waals surface area (Å²) in [5.74, 6) is 0.0602. The molecule has 0 bridgehead atoms. The molecule has 0 aromatic carbocycles. The van der Waals surface area contributed by atoms with E-state index in [0.717, 1.165) is 0 Å². The van der Waals surface area contributed by atoms with E-state index in [-0.39, 0.29) is 11.5 Å². The fourth-order valence-corrected chi connectivity index (χ4v) is 0.632. The van der Waals surface area contributed by atoms with Gasteiger partial charge in [-0.25, -0.2) is 10.5 Å². The van der Waals surface area contributed by atoms with Crippen LogP contribution in [0.15, 0.2) is 10.9 Å². The average Bonchev–Trinajstić information content (AvgIpc) is 1.85. The lowest BCUT2D eigenvalue weighted by molar-refractivity contribution is 0.382. The van der Waals surface area contributed by atoms with E-state index in [9.17, 15) is 4.79 Å². The van der Waals surface area contributed by atoms with Gasteiger partial charge in [-0.1, -0.05) is 0 Å². The van der Waals surface area contributed by atoms with Crippen molar-refractivity contribution in [2.24, 2.45) is 0 Å². The van der Waals surface area contributed by atoms with E-state index in [2.05, 4.69) is 9.97 Å². The van der Waals surface area contributed by atoms with Gasteiger partial charge >= 0.3 is 0 Å². The zero-order chi connectivity index (χ0) is 7.56. The van der Waals surface area contributed by atoms with Crippen molar-refractivity contribution in [1.29, 1.82) is 0 Å². The number of aryl methyl sites for hydroxylation is 1. The topological polar surface area (TPSA) is 78.0 Å². The van der Waals surface area contributed by atoms with Crippen LogP contribution < -0.4 is 11.0 Å². The van der Waals surface area contributed by atoms with Gasteiger partial charge in [-0.15, -0.1) is 0 Å². The third-order valence-corrected chi connectivity index (χ3v) is 0.976. The first-order valence-electron chi connectivity index (χ1n) is 2.70. The second-order valence-corrected chi connectivity index (χ2v) is 1.85. The fourth-order valence-electron chi connectivity index (χ4n) is 0.632. The summed E-state index contributed by atoms with van der Waals surface area (Å²) in [6.45, 7) is 1.66. The highest BCUT2D eigenvalue weighted by Crippen LogP contribution is 1.91. The van der Waals surface area contributed by atoms with Crippen LogP contribution in [0.5, 0.6) is 0 Å². The number of hydrogen-bond acceptors (Lipinski definition) is 4. The maximum Gasteiger partial charge on any atom is 0.252 e. The predicted molar refractivity (Wildman–Crippen MR) is 35.0 cm³/mol. The van der Waals surface area contributed by atoms with Crippen LogP contribution in [0.4, 0.5) is 5.95 Å². The van der Waals surface area contributed by atoms with Crippen LogP contribution in [-0.2, 0) is 0 Å². The molecule has 0 aliphatic heterocycles. The first-order valence-corrected chi connectivity index (χ1v) is 2.70. The van der Waals surface area contributed by atoms with Crippen LogP contribution in [0, 0.1) is 6.92 Å². The van der Waals surface area contributed by atoms with Gasteiger partial charge in [-0.05, 0) is 6.92 Å². The number of nitrogens with one attached hydrogen (secondary N) is 2. The lowest BCUT2D eigenvalue weighted by atomic mass is 10.5.